The fourth-order valence-corrected chi connectivity index (χ4v) is 10.1. The number of hydrogen-bond acceptors (Lipinski definition) is 8. The number of carbonyl (C=O) groups excluding carboxylic acids is 2. The van der Waals surface area contributed by atoms with Crippen LogP contribution in [-0.2, 0) is 24.2 Å². The van der Waals surface area contributed by atoms with E-state index in [1.54, 1.807) is 16.9 Å². The Balaban J connectivity index is 1.01. The van der Waals surface area contributed by atoms with E-state index in [-0.39, 0.29) is 11.6 Å². The summed E-state index contributed by atoms with van der Waals surface area (Å²) in [5.74, 6) is 3.02. The first-order valence-electron chi connectivity index (χ1n) is 18.7. The van der Waals surface area contributed by atoms with Gasteiger partial charge in [-0.15, -0.1) is 0 Å². The summed E-state index contributed by atoms with van der Waals surface area (Å²) in [5, 5.41) is 12.1. The lowest BCUT2D eigenvalue weighted by molar-refractivity contribution is -0.0638. The van der Waals surface area contributed by atoms with Gasteiger partial charge in [-0.05, 0) is 137 Å². The molecule has 11 heteroatoms. The smallest absolute Gasteiger partial charge is 0.358 e. The Kier molecular flexibility index (Phi) is 7.75. The summed E-state index contributed by atoms with van der Waals surface area (Å²) in [6.07, 6.45) is 14.2. The molecule has 52 heavy (non-hydrogen) atoms. The van der Waals surface area contributed by atoms with Gasteiger partial charge in [0.15, 0.2) is 17.2 Å². The number of nitrogens with one attached hydrogen (secondary N) is 1. The predicted octanol–water partition coefficient (Wildman–Crippen LogP) is 7.28. The van der Waals surface area contributed by atoms with Crippen molar-refractivity contribution in [2.75, 3.05) is 16.8 Å². The lowest BCUT2D eigenvalue weighted by Crippen LogP contribution is -2.48. The molecule has 1 amide bonds. The minimum Gasteiger partial charge on any atom is -0.455 e. The van der Waals surface area contributed by atoms with Crippen LogP contribution in [0, 0.1) is 30.1 Å². The van der Waals surface area contributed by atoms with Gasteiger partial charge in [-0.25, -0.2) is 19.3 Å². The predicted molar refractivity (Wildman–Crippen MR) is 198 cm³/mol. The van der Waals surface area contributed by atoms with Gasteiger partial charge in [-0.2, -0.15) is 10.2 Å². The minimum absolute atomic E-state index is 0.235. The Morgan fingerprint density at radius 3 is 2.44 bits per heavy atom. The van der Waals surface area contributed by atoms with Gasteiger partial charge in [-0.3, -0.25) is 9.48 Å². The summed E-state index contributed by atoms with van der Waals surface area (Å²) < 4.78 is 9.76. The third-order valence-electron chi connectivity index (χ3n) is 11.8. The van der Waals surface area contributed by atoms with Crippen LogP contribution in [0.3, 0.4) is 0 Å². The molecule has 10 rings (SSSR count). The highest BCUT2D eigenvalue weighted by molar-refractivity contribution is 6.05. The first kappa shape index (κ1) is 32.8. The van der Waals surface area contributed by atoms with Crippen molar-refractivity contribution >= 4 is 29.2 Å². The van der Waals surface area contributed by atoms with Crippen LogP contribution >= 0.6 is 0 Å². The third-order valence-corrected chi connectivity index (χ3v) is 11.8. The molecule has 1 N–H and O–H groups in total. The SMILES string of the molecule is Cc1c(-c2ccc(N3CCc4cccc(C(=O)Nc5cn6ncccc6n5)c4C3)nc2C(=O)OC(C)(C)C)cnn1CC12CC3CC(CC(C3)C1)C2. The van der Waals surface area contributed by atoms with Gasteiger partial charge >= 0.3 is 5.97 Å². The molecule has 0 radical (unpaired) electrons. The zero-order chi connectivity index (χ0) is 35.8. The number of nitrogens with zero attached hydrogens (tertiary/aromatic N) is 7. The topological polar surface area (TPSA) is 120 Å². The number of imidazole rings is 1. The van der Waals surface area contributed by atoms with Gasteiger partial charge < -0.3 is 15.0 Å². The van der Waals surface area contributed by atoms with Gasteiger partial charge in [0.1, 0.15) is 11.4 Å². The zero-order valence-electron chi connectivity index (χ0n) is 30.4. The average molecular weight is 699 g/mol. The zero-order valence-corrected chi connectivity index (χ0v) is 30.4. The summed E-state index contributed by atoms with van der Waals surface area (Å²) in [4.78, 5) is 39.2. The molecule has 5 aromatic rings. The normalized spacial score (nSPS) is 23.5. The van der Waals surface area contributed by atoms with Crippen molar-refractivity contribution in [3.05, 3.63) is 89.1 Å². The van der Waals surface area contributed by atoms with Gasteiger partial charge in [0, 0.05) is 48.2 Å². The Hall–Kier alpha value is -5.06. The number of benzene rings is 1. The van der Waals surface area contributed by atoms with E-state index in [0.717, 1.165) is 58.7 Å². The lowest BCUT2D eigenvalue weighted by Gasteiger charge is -2.56. The summed E-state index contributed by atoms with van der Waals surface area (Å²) in [6, 6.07) is 13.5. The van der Waals surface area contributed by atoms with Crippen molar-refractivity contribution in [3.63, 3.8) is 0 Å². The number of pyridine rings is 1. The molecule has 0 atom stereocenters. The average Bonchev–Trinajstić information content (AvgIpc) is 3.67. The highest BCUT2D eigenvalue weighted by atomic mass is 16.6. The van der Waals surface area contributed by atoms with Crippen molar-refractivity contribution < 1.29 is 14.3 Å². The quantitative estimate of drug-likeness (QED) is 0.176. The van der Waals surface area contributed by atoms with Crippen LogP contribution in [0.4, 0.5) is 11.6 Å². The first-order chi connectivity index (χ1) is 25.0. The van der Waals surface area contributed by atoms with Crippen molar-refractivity contribution in [2.45, 2.75) is 91.3 Å². The maximum atomic E-state index is 13.9. The van der Waals surface area contributed by atoms with Crippen LogP contribution in [0.1, 0.15) is 97.0 Å². The number of carbonyl (C=O) groups is 2. The number of aromatic nitrogens is 6. The molecule has 0 unspecified atom stereocenters. The number of amides is 1. The Labute approximate surface area is 303 Å². The van der Waals surface area contributed by atoms with E-state index in [0.29, 0.717) is 41.4 Å². The van der Waals surface area contributed by atoms with Crippen LogP contribution in [0.2, 0.25) is 0 Å². The maximum absolute atomic E-state index is 13.9. The Morgan fingerprint density at radius 2 is 1.71 bits per heavy atom. The van der Waals surface area contributed by atoms with Crippen molar-refractivity contribution in [1.82, 2.24) is 29.4 Å². The molecule has 1 aliphatic heterocycles. The first-order valence-corrected chi connectivity index (χ1v) is 18.7. The molecular formula is C41H46N8O3. The Morgan fingerprint density at radius 1 is 0.942 bits per heavy atom. The molecule has 1 aromatic carbocycles. The molecule has 4 aromatic heterocycles. The third kappa shape index (κ3) is 6.03. The van der Waals surface area contributed by atoms with Gasteiger partial charge in [-0.1, -0.05) is 12.1 Å². The molecule has 268 valence electrons. The van der Waals surface area contributed by atoms with E-state index < -0.39 is 11.6 Å². The lowest BCUT2D eigenvalue weighted by atomic mass is 9.49. The van der Waals surface area contributed by atoms with Crippen LogP contribution in [0.25, 0.3) is 16.8 Å². The summed E-state index contributed by atoms with van der Waals surface area (Å²) in [7, 11) is 0. The largest absolute Gasteiger partial charge is 0.455 e. The van der Waals surface area contributed by atoms with Crippen LogP contribution < -0.4 is 10.2 Å². The molecule has 0 spiro atoms. The van der Waals surface area contributed by atoms with Crippen LogP contribution in [0.5, 0.6) is 0 Å². The molecule has 4 saturated carbocycles. The second-order valence-corrected chi connectivity index (χ2v) is 16.8. The van der Waals surface area contributed by atoms with Crippen molar-refractivity contribution in [1.29, 1.82) is 0 Å². The highest BCUT2D eigenvalue weighted by Gasteiger charge is 2.51. The number of esters is 1. The second-order valence-electron chi connectivity index (χ2n) is 16.8. The second kappa shape index (κ2) is 12.3. The highest BCUT2D eigenvalue weighted by Crippen LogP contribution is 2.60. The number of fused-ring (bicyclic) bond motifs is 2. The standard InChI is InChI=1S/C41H46N8O3/c1-25-32(21-43-49(25)24-41-18-26-15-27(19-41)17-28(16-26)20-41)30-10-11-35(46-37(30)39(51)52-40(2,3)4)47-14-12-29-7-5-8-31(33(29)22-47)38(50)45-34-23-48-36(44-34)9-6-13-42-48/h5-11,13,21,23,26-28H,12,14-20,22,24H2,1-4H3,(H,45,50). The van der Waals surface area contributed by atoms with Crippen LogP contribution in [-0.4, -0.2) is 53.4 Å². The number of hydrogen-bond donors (Lipinski definition) is 1. The number of rotatable bonds is 7. The molecule has 4 aliphatic carbocycles. The number of anilines is 2. The van der Waals surface area contributed by atoms with Gasteiger partial charge in [0.05, 0.1) is 12.4 Å². The van der Waals surface area contributed by atoms with E-state index in [1.807, 2.05) is 63.4 Å². The molecule has 0 saturated heterocycles. The molecule has 4 bridgehead atoms. The Bertz CT molecular complexity index is 2140. The molecular weight excluding hydrogens is 653 g/mol. The molecule has 4 fully saturated rings. The van der Waals surface area contributed by atoms with Gasteiger partial charge in [0.25, 0.3) is 5.91 Å². The van der Waals surface area contributed by atoms with E-state index >= 15 is 0 Å². The van der Waals surface area contributed by atoms with E-state index in [4.69, 9.17) is 14.8 Å². The maximum Gasteiger partial charge on any atom is 0.358 e. The van der Waals surface area contributed by atoms with Crippen molar-refractivity contribution in [3.8, 4) is 11.1 Å². The number of ether oxygens (including phenoxy) is 1. The molecule has 5 heterocycles. The fourth-order valence-electron chi connectivity index (χ4n) is 10.1. The van der Waals surface area contributed by atoms with E-state index in [9.17, 15) is 9.59 Å². The summed E-state index contributed by atoms with van der Waals surface area (Å²) >= 11 is 0. The monoisotopic (exact) mass is 698 g/mol. The van der Waals surface area contributed by atoms with Crippen molar-refractivity contribution in [2.24, 2.45) is 23.2 Å². The summed E-state index contributed by atoms with van der Waals surface area (Å²) in [6.45, 7) is 9.84. The fraction of sp³-hybridized carbons (Fsp3) is 0.463. The minimum atomic E-state index is -0.687. The molecule has 11 nitrogen and oxygen atoms in total. The van der Waals surface area contributed by atoms with E-state index in [2.05, 4.69) is 38.0 Å². The van der Waals surface area contributed by atoms with Gasteiger partial charge in [0.2, 0.25) is 0 Å². The summed E-state index contributed by atoms with van der Waals surface area (Å²) in [5.41, 5.74) is 5.91. The van der Waals surface area contributed by atoms with Crippen LogP contribution in [0.15, 0.2) is 61.1 Å². The molecule has 5 aliphatic rings. The van der Waals surface area contributed by atoms with E-state index in [1.165, 1.54) is 38.5 Å².